The van der Waals surface area contributed by atoms with Crippen LogP contribution in [-0.4, -0.2) is 28.4 Å². The van der Waals surface area contributed by atoms with E-state index >= 15 is 0 Å². The molecular weight excluding hydrogens is 254 g/mol. The second kappa shape index (κ2) is 5.90. The van der Waals surface area contributed by atoms with E-state index in [1.165, 1.54) is 6.08 Å². The molecule has 1 unspecified atom stereocenters. The van der Waals surface area contributed by atoms with Crippen molar-refractivity contribution in [3.05, 3.63) is 48.6 Å². The Hall–Kier alpha value is -2.10. The third-order valence-electron chi connectivity index (χ3n) is 3.85. The first-order valence-corrected chi connectivity index (χ1v) is 6.78. The molecule has 0 spiro atoms. The molecule has 1 heterocycles. The molecule has 1 fully saturated rings. The average Bonchev–Trinajstić information content (AvgIpc) is 2.44. The number of carboxylic acid groups (broad SMARTS) is 1. The molecule has 2 rings (SSSR count). The third kappa shape index (κ3) is 2.59. The van der Waals surface area contributed by atoms with Crippen LogP contribution in [0.5, 0.6) is 0 Å². The number of hydrogen-bond acceptors (Lipinski definition) is 2. The van der Waals surface area contributed by atoms with Gasteiger partial charge in [-0.05, 0) is 24.8 Å². The monoisotopic (exact) mass is 273 g/mol. The van der Waals surface area contributed by atoms with Gasteiger partial charge in [0.25, 0.3) is 0 Å². The van der Waals surface area contributed by atoms with Crippen LogP contribution in [0.2, 0.25) is 0 Å². The van der Waals surface area contributed by atoms with Crippen LogP contribution in [0.15, 0.2) is 43.0 Å². The molecule has 4 nitrogen and oxygen atoms in total. The zero-order valence-corrected chi connectivity index (χ0v) is 11.4. The minimum atomic E-state index is -1.32. The van der Waals surface area contributed by atoms with E-state index in [-0.39, 0.29) is 12.3 Å². The maximum absolute atomic E-state index is 12.6. The number of aliphatic carboxylic acids is 1. The van der Waals surface area contributed by atoms with Crippen molar-refractivity contribution in [1.29, 1.82) is 0 Å². The molecule has 0 saturated carbocycles. The lowest BCUT2D eigenvalue weighted by molar-refractivity contribution is -0.164. The smallest absolute Gasteiger partial charge is 0.319 e. The largest absolute Gasteiger partial charge is 0.480 e. The predicted molar refractivity (Wildman–Crippen MR) is 76.0 cm³/mol. The standard InChI is InChI=1S/C16H19NO3/c1-2-9-16(15(19)20)10-6-11-17(14(16)18)12-13-7-4-3-5-8-13/h2-5,7-8H,1,6,9-12H2,(H,19,20). The first-order valence-electron chi connectivity index (χ1n) is 6.78. The Labute approximate surface area is 118 Å². The van der Waals surface area contributed by atoms with E-state index in [4.69, 9.17) is 0 Å². The number of amides is 1. The molecule has 0 bridgehead atoms. The van der Waals surface area contributed by atoms with Gasteiger partial charge in [-0.1, -0.05) is 36.4 Å². The van der Waals surface area contributed by atoms with Crippen LogP contribution in [0, 0.1) is 5.41 Å². The number of piperidine rings is 1. The van der Waals surface area contributed by atoms with Crippen molar-refractivity contribution in [2.45, 2.75) is 25.8 Å². The number of carbonyl (C=O) groups is 2. The fourth-order valence-corrected chi connectivity index (χ4v) is 2.76. The molecule has 1 aromatic rings. The normalized spacial score (nSPS) is 22.6. The molecule has 1 saturated heterocycles. The lowest BCUT2D eigenvalue weighted by Crippen LogP contribution is -2.52. The highest BCUT2D eigenvalue weighted by Crippen LogP contribution is 2.36. The zero-order chi connectivity index (χ0) is 14.6. The number of allylic oxidation sites excluding steroid dienone is 1. The molecule has 1 amide bonds. The second-order valence-corrected chi connectivity index (χ2v) is 5.20. The molecule has 0 aromatic heterocycles. The Morgan fingerprint density at radius 2 is 2.10 bits per heavy atom. The summed E-state index contributed by atoms with van der Waals surface area (Å²) in [6.45, 7) is 4.67. The van der Waals surface area contributed by atoms with Crippen molar-refractivity contribution in [3.63, 3.8) is 0 Å². The summed E-state index contributed by atoms with van der Waals surface area (Å²) in [6.07, 6.45) is 2.81. The summed E-state index contributed by atoms with van der Waals surface area (Å²) in [5.74, 6) is -1.33. The topological polar surface area (TPSA) is 57.6 Å². The third-order valence-corrected chi connectivity index (χ3v) is 3.85. The fraction of sp³-hybridized carbons (Fsp3) is 0.375. The van der Waals surface area contributed by atoms with Gasteiger partial charge in [-0.25, -0.2) is 0 Å². The average molecular weight is 273 g/mol. The van der Waals surface area contributed by atoms with Crippen molar-refractivity contribution < 1.29 is 14.7 Å². The lowest BCUT2D eigenvalue weighted by atomic mass is 9.76. The van der Waals surface area contributed by atoms with Crippen molar-refractivity contribution >= 4 is 11.9 Å². The summed E-state index contributed by atoms with van der Waals surface area (Å²) in [7, 11) is 0. The van der Waals surface area contributed by atoms with Gasteiger partial charge in [0.1, 0.15) is 5.41 Å². The first kappa shape index (κ1) is 14.3. The van der Waals surface area contributed by atoms with Gasteiger partial charge in [-0.2, -0.15) is 0 Å². The van der Waals surface area contributed by atoms with Crippen LogP contribution in [0.4, 0.5) is 0 Å². The van der Waals surface area contributed by atoms with Crippen LogP contribution in [0.25, 0.3) is 0 Å². The summed E-state index contributed by atoms with van der Waals surface area (Å²) < 4.78 is 0. The Kier molecular flexibility index (Phi) is 4.23. The van der Waals surface area contributed by atoms with Crippen LogP contribution >= 0.6 is 0 Å². The summed E-state index contributed by atoms with van der Waals surface area (Å²) in [4.78, 5) is 25.8. The molecule has 20 heavy (non-hydrogen) atoms. The molecule has 1 N–H and O–H groups in total. The summed E-state index contributed by atoms with van der Waals surface area (Å²) in [6, 6.07) is 9.63. The van der Waals surface area contributed by atoms with Gasteiger partial charge < -0.3 is 10.0 Å². The van der Waals surface area contributed by atoms with Crippen LogP contribution in [0.1, 0.15) is 24.8 Å². The SMILES string of the molecule is C=CCC1(C(=O)O)CCCN(Cc2ccccc2)C1=O. The van der Waals surface area contributed by atoms with Crippen LogP contribution in [0.3, 0.4) is 0 Å². The molecule has 4 heteroatoms. The summed E-state index contributed by atoms with van der Waals surface area (Å²) >= 11 is 0. The number of nitrogens with zero attached hydrogens (tertiary/aromatic N) is 1. The van der Waals surface area contributed by atoms with Gasteiger partial charge in [-0.3, -0.25) is 9.59 Å². The molecule has 1 aliphatic rings. The first-order chi connectivity index (χ1) is 9.60. The highest BCUT2D eigenvalue weighted by atomic mass is 16.4. The van der Waals surface area contributed by atoms with Gasteiger partial charge >= 0.3 is 5.97 Å². The fourth-order valence-electron chi connectivity index (χ4n) is 2.76. The number of hydrogen-bond donors (Lipinski definition) is 1. The summed E-state index contributed by atoms with van der Waals surface area (Å²) in [5, 5.41) is 9.48. The predicted octanol–water partition coefficient (Wildman–Crippen LogP) is 2.46. The van der Waals surface area contributed by atoms with Crippen molar-refractivity contribution in [1.82, 2.24) is 4.90 Å². The van der Waals surface area contributed by atoms with E-state index in [0.29, 0.717) is 25.9 Å². The number of benzene rings is 1. The van der Waals surface area contributed by atoms with Crippen molar-refractivity contribution in [3.8, 4) is 0 Å². The Balaban J connectivity index is 2.21. The van der Waals surface area contributed by atoms with E-state index in [9.17, 15) is 14.7 Å². The van der Waals surface area contributed by atoms with Crippen molar-refractivity contribution in [2.75, 3.05) is 6.54 Å². The van der Waals surface area contributed by atoms with Gasteiger partial charge in [-0.15, -0.1) is 6.58 Å². The van der Waals surface area contributed by atoms with Gasteiger partial charge in [0.05, 0.1) is 0 Å². The Morgan fingerprint density at radius 3 is 2.70 bits per heavy atom. The second-order valence-electron chi connectivity index (χ2n) is 5.20. The van der Waals surface area contributed by atoms with E-state index in [1.807, 2.05) is 30.3 Å². The highest BCUT2D eigenvalue weighted by molar-refractivity contribution is 6.02. The minimum absolute atomic E-state index is 0.187. The molecule has 106 valence electrons. The van der Waals surface area contributed by atoms with Crippen LogP contribution in [-0.2, 0) is 16.1 Å². The minimum Gasteiger partial charge on any atom is -0.480 e. The van der Waals surface area contributed by atoms with E-state index in [1.54, 1.807) is 4.90 Å². The maximum Gasteiger partial charge on any atom is 0.319 e. The van der Waals surface area contributed by atoms with Gasteiger partial charge in [0.2, 0.25) is 5.91 Å². The lowest BCUT2D eigenvalue weighted by Gasteiger charge is -2.38. The van der Waals surface area contributed by atoms with Gasteiger partial charge in [0, 0.05) is 13.1 Å². The zero-order valence-electron chi connectivity index (χ0n) is 11.4. The van der Waals surface area contributed by atoms with E-state index in [0.717, 1.165) is 5.56 Å². The number of carbonyl (C=O) groups excluding carboxylic acids is 1. The molecule has 1 atom stereocenters. The van der Waals surface area contributed by atoms with E-state index < -0.39 is 11.4 Å². The van der Waals surface area contributed by atoms with Crippen LogP contribution < -0.4 is 0 Å². The molecule has 1 aliphatic heterocycles. The number of rotatable bonds is 5. The van der Waals surface area contributed by atoms with E-state index in [2.05, 4.69) is 6.58 Å². The summed E-state index contributed by atoms with van der Waals surface area (Å²) in [5.41, 5.74) is -0.310. The van der Waals surface area contributed by atoms with Gasteiger partial charge in [0.15, 0.2) is 0 Å². The number of carboxylic acids is 1. The number of likely N-dealkylation sites (tertiary alicyclic amines) is 1. The molecule has 0 radical (unpaired) electrons. The van der Waals surface area contributed by atoms with Crippen molar-refractivity contribution in [2.24, 2.45) is 5.41 Å². The Bertz CT molecular complexity index is 512. The Morgan fingerprint density at radius 1 is 1.40 bits per heavy atom. The molecular formula is C16H19NO3. The molecule has 1 aromatic carbocycles. The maximum atomic E-state index is 12.6. The molecule has 0 aliphatic carbocycles. The quantitative estimate of drug-likeness (QED) is 0.662. The highest BCUT2D eigenvalue weighted by Gasteiger charge is 2.49.